The van der Waals surface area contributed by atoms with Gasteiger partial charge >= 0.3 is 184 Å². The quantitative estimate of drug-likeness (QED) is 0.255. The Hall–Kier alpha value is -1.82. The van der Waals surface area contributed by atoms with E-state index in [1.807, 2.05) is 12.1 Å². The molecule has 0 unspecified atom stereocenters. The minimum atomic E-state index is -2.19. The van der Waals surface area contributed by atoms with E-state index in [-0.39, 0.29) is 16.7 Å². The van der Waals surface area contributed by atoms with Gasteiger partial charge in [-0.2, -0.15) is 0 Å². The molecule has 30 heavy (non-hydrogen) atoms. The van der Waals surface area contributed by atoms with Gasteiger partial charge in [-0.25, -0.2) is 0 Å². The van der Waals surface area contributed by atoms with E-state index in [2.05, 4.69) is 71.1 Å². The molecule has 0 amide bonds. The second-order valence-electron chi connectivity index (χ2n) is 9.85. The van der Waals surface area contributed by atoms with Gasteiger partial charge in [-0.15, -0.1) is 0 Å². The molecule has 0 aromatic heterocycles. The van der Waals surface area contributed by atoms with Crippen molar-refractivity contribution in [2.45, 2.75) is 79.4 Å². The molecule has 2 aromatic rings. The molecule has 0 saturated heterocycles. The summed E-state index contributed by atoms with van der Waals surface area (Å²) >= 11 is -2.19. The molecule has 1 N–H and O–H groups in total. The SMILES string of the molecule is C[CH](C)[Ge]([CH2][C@@H]1C[C@H](c2ccc([N+](=O)[O-])cc2)Nc2ccccc21)([CH](C)C)[CH](C)C. The summed E-state index contributed by atoms with van der Waals surface area (Å²) < 4.78 is 2.35. The number of benzene rings is 2. The monoisotopic (exact) mass is 470 g/mol. The fraction of sp³-hybridized carbons (Fsp3) is 0.520. The predicted molar refractivity (Wildman–Crippen MR) is 129 cm³/mol. The predicted octanol–water partition coefficient (Wildman–Crippen LogP) is 7.91. The van der Waals surface area contributed by atoms with E-state index in [9.17, 15) is 10.1 Å². The van der Waals surface area contributed by atoms with Gasteiger partial charge in [0.2, 0.25) is 0 Å². The third-order valence-corrected chi connectivity index (χ3v) is 23.6. The number of non-ortho nitro benzene ring substituents is 1. The van der Waals surface area contributed by atoms with Crippen LogP contribution in [0.15, 0.2) is 48.5 Å². The van der Waals surface area contributed by atoms with E-state index in [4.69, 9.17) is 0 Å². The Kier molecular flexibility index (Phi) is 6.96. The van der Waals surface area contributed by atoms with E-state index in [1.165, 1.54) is 16.5 Å². The number of nitro groups is 1. The van der Waals surface area contributed by atoms with Crippen LogP contribution in [0, 0.1) is 10.1 Å². The number of para-hydroxylation sites is 1. The van der Waals surface area contributed by atoms with Crippen LogP contribution in [0.2, 0.25) is 19.5 Å². The summed E-state index contributed by atoms with van der Waals surface area (Å²) in [5.41, 5.74) is 3.97. The summed E-state index contributed by atoms with van der Waals surface area (Å²) in [6.45, 7) is 14.8. The summed E-state index contributed by atoms with van der Waals surface area (Å²) in [7, 11) is 0. The molecule has 1 heterocycles. The average molecular weight is 469 g/mol. The molecule has 3 rings (SSSR count). The number of nitro benzene ring substituents is 1. The van der Waals surface area contributed by atoms with Gasteiger partial charge in [-0.1, -0.05) is 0 Å². The van der Waals surface area contributed by atoms with Crippen LogP contribution in [0.5, 0.6) is 0 Å². The Morgan fingerprint density at radius 1 is 0.967 bits per heavy atom. The molecule has 5 heteroatoms. The van der Waals surface area contributed by atoms with Gasteiger partial charge in [0.25, 0.3) is 0 Å². The zero-order valence-electron chi connectivity index (χ0n) is 19.2. The molecule has 162 valence electrons. The van der Waals surface area contributed by atoms with Crippen LogP contribution in [-0.4, -0.2) is 18.2 Å². The number of fused-ring (bicyclic) bond motifs is 1. The molecule has 1 aliphatic rings. The Morgan fingerprint density at radius 3 is 2.07 bits per heavy atom. The van der Waals surface area contributed by atoms with Gasteiger partial charge in [-0.05, 0) is 0 Å². The van der Waals surface area contributed by atoms with Gasteiger partial charge in [0.15, 0.2) is 0 Å². The first-order valence-electron chi connectivity index (χ1n) is 11.3. The van der Waals surface area contributed by atoms with Crippen LogP contribution in [0.4, 0.5) is 11.4 Å². The normalized spacial score (nSPS) is 19.1. The van der Waals surface area contributed by atoms with Gasteiger partial charge in [0, 0.05) is 0 Å². The molecular weight excluding hydrogens is 433 g/mol. The molecule has 4 nitrogen and oxygen atoms in total. The Balaban J connectivity index is 1.98. The first kappa shape index (κ1) is 22.9. The van der Waals surface area contributed by atoms with Crippen LogP contribution in [0.1, 0.15) is 71.0 Å². The van der Waals surface area contributed by atoms with Crippen molar-refractivity contribution in [3.8, 4) is 0 Å². The fourth-order valence-corrected chi connectivity index (χ4v) is 20.0. The van der Waals surface area contributed by atoms with Gasteiger partial charge < -0.3 is 0 Å². The molecule has 0 fully saturated rings. The van der Waals surface area contributed by atoms with Gasteiger partial charge in [0.1, 0.15) is 0 Å². The topological polar surface area (TPSA) is 55.2 Å². The van der Waals surface area contributed by atoms with Crippen LogP contribution >= 0.6 is 0 Å². The first-order valence-corrected chi connectivity index (χ1v) is 16.4. The maximum absolute atomic E-state index is 11.0. The third-order valence-electron chi connectivity index (χ3n) is 7.58. The van der Waals surface area contributed by atoms with E-state index >= 15 is 0 Å². The van der Waals surface area contributed by atoms with Crippen molar-refractivity contribution in [2.24, 2.45) is 0 Å². The fourth-order valence-electron chi connectivity index (χ4n) is 6.02. The Morgan fingerprint density at radius 2 is 1.53 bits per heavy atom. The van der Waals surface area contributed by atoms with Crippen LogP contribution in [0.25, 0.3) is 0 Å². The standard InChI is InChI=1S/C25H36GeN2O2/c1-17(2)26(18(3)4,19(5)6)16-21-15-25(27-24-10-8-7-9-23(21)24)20-11-13-22(14-12-20)28(29)30/h7-14,17-19,21,25,27H,15-16H2,1-6H3/t21-,25+/m0/s1. The van der Waals surface area contributed by atoms with Gasteiger partial charge in [0.05, 0.1) is 0 Å². The van der Waals surface area contributed by atoms with Crippen LogP contribution in [0.3, 0.4) is 0 Å². The molecule has 0 saturated carbocycles. The second-order valence-corrected chi connectivity index (χ2v) is 22.6. The number of nitrogens with zero attached hydrogens (tertiary/aromatic N) is 1. The minimum absolute atomic E-state index is 0.153. The summed E-state index contributed by atoms with van der Waals surface area (Å²) in [5.74, 6) is 0.537. The van der Waals surface area contributed by atoms with Crippen molar-refractivity contribution in [2.75, 3.05) is 5.32 Å². The number of hydrogen-bond donors (Lipinski definition) is 1. The molecule has 0 aliphatic carbocycles. The third kappa shape index (κ3) is 4.29. The maximum atomic E-state index is 11.0. The molecule has 2 aromatic carbocycles. The Labute approximate surface area is 184 Å². The Bertz CT molecular complexity index is 855. The van der Waals surface area contributed by atoms with Crippen molar-refractivity contribution in [3.63, 3.8) is 0 Å². The molecule has 0 spiro atoms. The summed E-state index contributed by atoms with van der Waals surface area (Å²) in [6.07, 6.45) is 1.05. The number of nitrogens with one attached hydrogen (secondary N) is 1. The first-order chi connectivity index (χ1) is 14.2. The van der Waals surface area contributed by atoms with Crippen molar-refractivity contribution < 1.29 is 4.92 Å². The summed E-state index contributed by atoms with van der Waals surface area (Å²) in [5, 5.41) is 16.1. The molecule has 0 bridgehead atoms. The van der Waals surface area contributed by atoms with Crippen molar-refractivity contribution in [1.82, 2.24) is 0 Å². The molecule has 2 atom stereocenters. The van der Waals surface area contributed by atoms with E-state index in [0.717, 1.165) is 26.2 Å². The van der Waals surface area contributed by atoms with Crippen molar-refractivity contribution >= 4 is 24.6 Å². The average Bonchev–Trinajstić information content (AvgIpc) is 2.70. The molecule has 0 radical (unpaired) electrons. The van der Waals surface area contributed by atoms with Gasteiger partial charge in [-0.3, -0.25) is 0 Å². The van der Waals surface area contributed by atoms with Crippen LogP contribution in [-0.2, 0) is 0 Å². The van der Waals surface area contributed by atoms with Crippen LogP contribution < -0.4 is 5.32 Å². The molecular formula is C25H36GeN2O2. The number of anilines is 1. The summed E-state index contributed by atoms with van der Waals surface area (Å²) in [4.78, 5) is 10.7. The molecule has 1 aliphatic heterocycles. The van der Waals surface area contributed by atoms with E-state index in [0.29, 0.717) is 5.92 Å². The number of hydrogen-bond acceptors (Lipinski definition) is 3. The zero-order valence-corrected chi connectivity index (χ0v) is 21.3. The van der Waals surface area contributed by atoms with E-state index < -0.39 is 13.3 Å². The second kappa shape index (κ2) is 9.13. The van der Waals surface area contributed by atoms with Crippen molar-refractivity contribution in [1.29, 1.82) is 0 Å². The van der Waals surface area contributed by atoms with Crippen molar-refractivity contribution in [3.05, 3.63) is 69.8 Å². The zero-order chi connectivity index (χ0) is 22.1. The summed E-state index contributed by atoms with van der Waals surface area (Å²) in [6, 6.07) is 16.0. The number of rotatable bonds is 7. The van der Waals surface area contributed by atoms with E-state index in [1.54, 1.807) is 12.1 Å².